The number of nitrogens with one attached hydrogen (secondary N) is 1. The number of ether oxygens (including phenoxy) is 1. The van der Waals surface area contributed by atoms with Crippen LogP contribution in [0.5, 0.6) is 0 Å². The molecule has 1 fully saturated rings. The third-order valence-electron chi connectivity index (χ3n) is 3.02. The van der Waals surface area contributed by atoms with Crippen molar-refractivity contribution in [3.8, 4) is 0 Å². The van der Waals surface area contributed by atoms with E-state index in [1.807, 2.05) is 31.2 Å². The summed E-state index contributed by atoms with van der Waals surface area (Å²) < 4.78 is 5.48. The second kappa shape index (κ2) is 7.17. The third kappa shape index (κ3) is 4.71. The molecule has 0 aliphatic carbocycles. The van der Waals surface area contributed by atoms with E-state index in [1.54, 1.807) is 0 Å². The topological polar surface area (TPSA) is 38.3 Å². The molecule has 5 heteroatoms. The van der Waals surface area contributed by atoms with Gasteiger partial charge in [-0.25, -0.2) is 0 Å². The number of hydrogen-bond donors (Lipinski definition) is 1. The van der Waals surface area contributed by atoms with Crippen molar-refractivity contribution in [1.82, 2.24) is 5.32 Å². The predicted octanol–water partition coefficient (Wildman–Crippen LogP) is 3.12. The van der Waals surface area contributed by atoms with E-state index in [1.165, 1.54) is 11.8 Å². The monoisotopic (exact) mass is 299 g/mol. The lowest BCUT2D eigenvalue weighted by atomic mass is 10.2. The van der Waals surface area contributed by atoms with Crippen molar-refractivity contribution in [3.63, 3.8) is 0 Å². The Morgan fingerprint density at radius 1 is 1.53 bits per heavy atom. The van der Waals surface area contributed by atoms with Crippen LogP contribution in [0.1, 0.15) is 19.8 Å². The first kappa shape index (κ1) is 14.7. The maximum atomic E-state index is 12.0. The zero-order valence-corrected chi connectivity index (χ0v) is 12.5. The number of carbonyl (C=O) groups excluding carboxylic acids is 1. The molecule has 1 aromatic rings. The summed E-state index contributed by atoms with van der Waals surface area (Å²) in [7, 11) is 0. The van der Waals surface area contributed by atoms with Gasteiger partial charge >= 0.3 is 0 Å². The highest BCUT2D eigenvalue weighted by molar-refractivity contribution is 8.00. The van der Waals surface area contributed by atoms with Gasteiger partial charge in [0.2, 0.25) is 5.91 Å². The highest BCUT2D eigenvalue weighted by Gasteiger charge is 2.19. The van der Waals surface area contributed by atoms with Crippen molar-refractivity contribution in [2.45, 2.75) is 36.0 Å². The Kier molecular flexibility index (Phi) is 5.55. The molecule has 2 rings (SSSR count). The number of rotatable bonds is 5. The van der Waals surface area contributed by atoms with Gasteiger partial charge in [0, 0.05) is 23.1 Å². The minimum atomic E-state index is -0.123. The first-order valence-corrected chi connectivity index (χ1v) is 7.72. The van der Waals surface area contributed by atoms with Crippen molar-refractivity contribution >= 4 is 29.3 Å². The molecular weight excluding hydrogens is 282 g/mol. The Balaban J connectivity index is 1.76. The van der Waals surface area contributed by atoms with E-state index < -0.39 is 0 Å². The Morgan fingerprint density at radius 3 is 2.89 bits per heavy atom. The highest BCUT2D eigenvalue weighted by atomic mass is 35.5. The summed E-state index contributed by atoms with van der Waals surface area (Å²) in [6, 6.07) is 7.52. The van der Waals surface area contributed by atoms with E-state index in [9.17, 15) is 4.79 Å². The summed E-state index contributed by atoms with van der Waals surface area (Å²) in [6.45, 7) is 3.34. The van der Waals surface area contributed by atoms with Crippen LogP contribution in [0.15, 0.2) is 29.2 Å². The van der Waals surface area contributed by atoms with E-state index in [0.29, 0.717) is 11.6 Å². The van der Waals surface area contributed by atoms with Gasteiger partial charge < -0.3 is 10.1 Å². The summed E-state index contributed by atoms with van der Waals surface area (Å²) in [5.41, 5.74) is 0. The van der Waals surface area contributed by atoms with Gasteiger partial charge in [-0.05, 0) is 44.0 Å². The lowest BCUT2D eigenvalue weighted by Gasteiger charge is -2.14. The summed E-state index contributed by atoms with van der Waals surface area (Å²) in [4.78, 5) is 13.0. The minimum absolute atomic E-state index is 0.0513. The lowest BCUT2D eigenvalue weighted by molar-refractivity contribution is -0.120. The molecule has 19 heavy (non-hydrogen) atoms. The molecule has 1 N–H and O–H groups in total. The van der Waals surface area contributed by atoms with Crippen LogP contribution in [0.25, 0.3) is 0 Å². The zero-order valence-electron chi connectivity index (χ0n) is 10.9. The number of thioether (sulfide) groups is 1. The van der Waals surface area contributed by atoms with Gasteiger partial charge in [0.1, 0.15) is 0 Å². The molecule has 1 amide bonds. The molecule has 1 aromatic carbocycles. The summed E-state index contributed by atoms with van der Waals surface area (Å²) >= 11 is 7.36. The Bertz CT molecular complexity index is 418. The van der Waals surface area contributed by atoms with Crippen LogP contribution in [-0.4, -0.2) is 30.4 Å². The van der Waals surface area contributed by atoms with Crippen LogP contribution in [0.4, 0.5) is 0 Å². The molecule has 3 nitrogen and oxygen atoms in total. The molecule has 0 unspecified atom stereocenters. The fraction of sp³-hybridized carbons (Fsp3) is 0.500. The van der Waals surface area contributed by atoms with Crippen molar-refractivity contribution in [2.75, 3.05) is 13.2 Å². The van der Waals surface area contributed by atoms with Crippen LogP contribution < -0.4 is 5.32 Å². The summed E-state index contributed by atoms with van der Waals surface area (Å²) in [5, 5.41) is 3.53. The van der Waals surface area contributed by atoms with E-state index in [0.717, 1.165) is 24.3 Å². The molecule has 1 aliphatic heterocycles. The van der Waals surface area contributed by atoms with Gasteiger partial charge in [-0.2, -0.15) is 0 Å². The SMILES string of the molecule is C[C@H](Sc1ccc(Cl)cc1)C(=O)NC[C@@H]1CCCO1. The third-order valence-corrected chi connectivity index (χ3v) is 4.39. The van der Waals surface area contributed by atoms with Crippen molar-refractivity contribution in [1.29, 1.82) is 0 Å². The van der Waals surface area contributed by atoms with Crippen LogP contribution in [0, 0.1) is 0 Å². The molecule has 0 spiro atoms. The van der Waals surface area contributed by atoms with Gasteiger partial charge in [-0.1, -0.05) is 11.6 Å². The second-order valence-corrected chi connectivity index (χ2v) is 6.44. The van der Waals surface area contributed by atoms with Crippen LogP contribution in [-0.2, 0) is 9.53 Å². The van der Waals surface area contributed by atoms with E-state index in [4.69, 9.17) is 16.3 Å². The summed E-state index contributed by atoms with van der Waals surface area (Å²) in [6.07, 6.45) is 2.32. The smallest absolute Gasteiger partial charge is 0.233 e. The average Bonchev–Trinajstić information content (AvgIpc) is 2.91. The lowest BCUT2D eigenvalue weighted by Crippen LogP contribution is -2.36. The molecular formula is C14H18ClNO2S. The van der Waals surface area contributed by atoms with E-state index >= 15 is 0 Å². The Hall–Kier alpha value is -0.710. The van der Waals surface area contributed by atoms with Gasteiger partial charge in [0.05, 0.1) is 11.4 Å². The fourth-order valence-corrected chi connectivity index (χ4v) is 2.95. The maximum Gasteiger partial charge on any atom is 0.233 e. The molecule has 0 bridgehead atoms. The second-order valence-electron chi connectivity index (χ2n) is 4.59. The standard InChI is InChI=1S/C14H18ClNO2S/c1-10(19-13-6-4-11(15)5-7-13)14(17)16-9-12-3-2-8-18-12/h4-7,10,12H,2-3,8-9H2,1H3,(H,16,17)/t10-,12-/m0/s1. The molecule has 104 valence electrons. The first-order chi connectivity index (χ1) is 9.15. The van der Waals surface area contributed by atoms with Crippen molar-refractivity contribution < 1.29 is 9.53 Å². The number of hydrogen-bond acceptors (Lipinski definition) is 3. The molecule has 0 radical (unpaired) electrons. The zero-order chi connectivity index (χ0) is 13.7. The number of carbonyl (C=O) groups is 1. The number of benzene rings is 1. The highest BCUT2D eigenvalue weighted by Crippen LogP contribution is 2.24. The van der Waals surface area contributed by atoms with Gasteiger partial charge in [-0.15, -0.1) is 11.8 Å². The normalized spacial score (nSPS) is 20.2. The molecule has 1 heterocycles. The maximum absolute atomic E-state index is 12.0. The van der Waals surface area contributed by atoms with Gasteiger partial charge in [0.25, 0.3) is 0 Å². The average molecular weight is 300 g/mol. The van der Waals surface area contributed by atoms with Crippen molar-refractivity contribution in [3.05, 3.63) is 29.3 Å². The van der Waals surface area contributed by atoms with Crippen LogP contribution in [0.3, 0.4) is 0 Å². The Labute approximate surface area is 123 Å². The van der Waals surface area contributed by atoms with E-state index in [2.05, 4.69) is 5.32 Å². The van der Waals surface area contributed by atoms with Gasteiger partial charge in [0.15, 0.2) is 0 Å². The fourth-order valence-electron chi connectivity index (χ4n) is 1.93. The van der Waals surface area contributed by atoms with E-state index in [-0.39, 0.29) is 17.3 Å². The number of amides is 1. The predicted molar refractivity (Wildman–Crippen MR) is 78.8 cm³/mol. The molecule has 1 saturated heterocycles. The molecule has 2 atom stereocenters. The first-order valence-electron chi connectivity index (χ1n) is 6.46. The largest absolute Gasteiger partial charge is 0.376 e. The molecule has 0 aromatic heterocycles. The summed E-state index contributed by atoms with van der Waals surface area (Å²) in [5.74, 6) is 0.0513. The van der Waals surface area contributed by atoms with Crippen LogP contribution >= 0.6 is 23.4 Å². The number of halogens is 1. The van der Waals surface area contributed by atoms with Crippen molar-refractivity contribution in [2.24, 2.45) is 0 Å². The molecule has 0 saturated carbocycles. The quantitative estimate of drug-likeness (QED) is 0.849. The minimum Gasteiger partial charge on any atom is -0.376 e. The van der Waals surface area contributed by atoms with Gasteiger partial charge in [-0.3, -0.25) is 4.79 Å². The van der Waals surface area contributed by atoms with Crippen LogP contribution in [0.2, 0.25) is 5.02 Å². The Morgan fingerprint density at radius 2 is 2.26 bits per heavy atom. The molecule has 1 aliphatic rings.